The van der Waals surface area contributed by atoms with Gasteiger partial charge in [0.15, 0.2) is 5.78 Å². The van der Waals surface area contributed by atoms with Gasteiger partial charge >= 0.3 is 0 Å². The van der Waals surface area contributed by atoms with Crippen LogP contribution in [0.25, 0.3) is 5.69 Å². The maximum Gasteiger partial charge on any atom is 0.256 e. The van der Waals surface area contributed by atoms with Crippen molar-refractivity contribution in [3.63, 3.8) is 0 Å². The standard InChI is InChI=1S/C21H28N4O2/c1-13-5-8-15(18(26)9-14-6-7-14)10-17(13)25-19(22)16(11-24-25)20(27)23-12-21(2,3)4/h5,8,10-11,14H,6-7,9,12,22H2,1-4H3,(H,23,27). The van der Waals surface area contributed by atoms with E-state index >= 15 is 0 Å². The van der Waals surface area contributed by atoms with Crippen molar-refractivity contribution in [3.05, 3.63) is 41.1 Å². The molecule has 3 rings (SSSR count). The van der Waals surface area contributed by atoms with Crippen LogP contribution in [0.2, 0.25) is 0 Å². The van der Waals surface area contributed by atoms with Crippen LogP contribution in [0, 0.1) is 18.3 Å². The molecule has 0 aliphatic heterocycles. The van der Waals surface area contributed by atoms with Crippen molar-refractivity contribution in [3.8, 4) is 5.69 Å². The van der Waals surface area contributed by atoms with Crippen LogP contribution >= 0.6 is 0 Å². The maximum absolute atomic E-state index is 12.4. The van der Waals surface area contributed by atoms with Gasteiger partial charge in [0.2, 0.25) is 0 Å². The molecule has 2 aromatic rings. The fraction of sp³-hybridized carbons (Fsp3) is 0.476. The number of ketones is 1. The molecule has 1 aliphatic carbocycles. The Morgan fingerprint density at radius 3 is 2.63 bits per heavy atom. The van der Waals surface area contributed by atoms with Crippen LogP contribution in [0.1, 0.15) is 66.3 Å². The molecule has 6 nitrogen and oxygen atoms in total. The molecule has 3 N–H and O–H groups in total. The van der Waals surface area contributed by atoms with E-state index in [1.165, 1.54) is 10.9 Å². The second-order valence-corrected chi connectivity index (χ2v) is 8.67. The summed E-state index contributed by atoms with van der Waals surface area (Å²) in [6, 6.07) is 5.57. The van der Waals surface area contributed by atoms with E-state index < -0.39 is 0 Å². The highest BCUT2D eigenvalue weighted by Crippen LogP contribution is 2.34. The first kappa shape index (κ1) is 19.1. The number of aryl methyl sites for hydroxylation is 1. The fourth-order valence-electron chi connectivity index (χ4n) is 2.88. The first-order chi connectivity index (χ1) is 12.7. The van der Waals surface area contributed by atoms with Crippen LogP contribution in [0.15, 0.2) is 24.4 Å². The zero-order valence-corrected chi connectivity index (χ0v) is 16.5. The summed E-state index contributed by atoms with van der Waals surface area (Å²) in [5, 5.41) is 7.20. The van der Waals surface area contributed by atoms with Gasteiger partial charge in [0.1, 0.15) is 11.4 Å². The normalized spacial score (nSPS) is 14.2. The minimum atomic E-state index is -0.243. The predicted molar refractivity (Wildman–Crippen MR) is 106 cm³/mol. The number of nitrogen functional groups attached to an aromatic ring is 1. The zero-order chi connectivity index (χ0) is 19.8. The second kappa shape index (κ2) is 7.18. The lowest BCUT2D eigenvalue weighted by molar-refractivity contribution is 0.0938. The molecule has 1 aromatic heterocycles. The van der Waals surface area contributed by atoms with E-state index in [0.29, 0.717) is 30.0 Å². The number of amides is 1. The van der Waals surface area contributed by atoms with Crippen LogP contribution in [-0.2, 0) is 0 Å². The van der Waals surface area contributed by atoms with Gasteiger partial charge in [-0.05, 0) is 42.7 Å². The second-order valence-electron chi connectivity index (χ2n) is 8.67. The number of hydrogen-bond donors (Lipinski definition) is 2. The number of nitrogens with two attached hydrogens (primary N) is 1. The average molecular weight is 368 g/mol. The summed E-state index contributed by atoms with van der Waals surface area (Å²) in [6.45, 7) is 8.63. The van der Waals surface area contributed by atoms with Crippen LogP contribution < -0.4 is 11.1 Å². The third-order valence-corrected chi connectivity index (χ3v) is 4.76. The minimum absolute atomic E-state index is 0.0206. The monoisotopic (exact) mass is 368 g/mol. The first-order valence-electron chi connectivity index (χ1n) is 9.41. The minimum Gasteiger partial charge on any atom is -0.383 e. The van der Waals surface area contributed by atoms with Crippen LogP contribution in [0.4, 0.5) is 5.82 Å². The molecule has 6 heteroatoms. The third kappa shape index (κ3) is 4.56. The maximum atomic E-state index is 12.4. The molecule has 1 aromatic carbocycles. The number of anilines is 1. The molecular weight excluding hydrogens is 340 g/mol. The lowest BCUT2D eigenvalue weighted by Gasteiger charge is -2.18. The molecule has 0 atom stereocenters. The Morgan fingerprint density at radius 2 is 2.00 bits per heavy atom. The molecule has 0 radical (unpaired) electrons. The SMILES string of the molecule is Cc1ccc(C(=O)CC2CC2)cc1-n1ncc(C(=O)NCC(C)(C)C)c1N. The Balaban J connectivity index is 1.85. The van der Waals surface area contributed by atoms with Gasteiger partial charge < -0.3 is 11.1 Å². The van der Waals surface area contributed by atoms with Crippen molar-refractivity contribution in [1.29, 1.82) is 0 Å². The van der Waals surface area contributed by atoms with Gasteiger partial charge in [-0.15, -0.1) is 0 Å². The largest absolute Gasteiger partial charge is 0.383 e. The Bertz CT molecular complexity index is 873. The van der Waals surface area contributed by atoms with E-state index in [-0.39, 0.29) is 22.9 Å². The average Bonchev–Trinajstić information content (AvgIpc) is 3.32. The Morgan fingerprint density at radius 1 is 1.30 bits per heavy atom. The third-order valence-electron chi connectivity index (χ3n) is 4.76. The number of Topliss-reactive ketones (excluding diaryl/α,β-unsaturated/α-hetero) is 1. The number of benzene rings is 1. The van der Waals surface area contributed by atoms with Gasteiger partial charge in [-0.2, -0.15) is 5.10 Å². The molecular formula is C21H28N4O2. The number of nitrogens with one attached hydrogen (secondary N) is 1. The number of aromatic nitrogens is 2. The molecule has 0 spiro atoms. The van der Waals surface area contributed by atoms with Crippen molar-refractivity contribution >= 4 is 17.5 Å². The van der Waals surface area contributed by atoms with Crippen molar-refractivity contribution in [2.45, 2.75) is 47.0 Å². The number of rotatable bonds is 6. The van der Waals surface area contributed by atoms with Gasteiger partial charge in [0.25, 0.3) is 5.91 Å². The summed E-state index contributed by atoms with van der Waals surface area (Å²) in [5.74, 6) is 0.714. The summed E-state index contributed by atoms with van der Waals surface area (Å²) in [5.41, 5.74) is 8.86. The number of carbonyl (C=O) groups is 2. The van der Waals surface area contributed by atoms with Crippen LogP contribution in [-0.4, -0.2) is 28.0 Å². The summed E-state index contributed by atoms with van der Waals surface area (Å²) in [7, 11) is 0. The summed E-state index contributed by atoms with van der Waals surface area (Å²) < 4.78 is 1.54. The van der Waals surface area contributed by atoms with E-state index in [1.54, 1.807) is 0 Å². The molecule has 1 heterocycles. The van der Waals surface area contributed by atoms with Crippen molar-refractivity contribution < 1.29 is 9.59 Å². The van der Waals surface area contributed by atoms with E-state index in [0.717, 1.165) is 24.1 Å². The Kier molecular flexibility index (Phi) is 5.09. The molecule has 27 heavy (non-hydrogen) atoms. The molecule has 0 saturated heterocycles. The topological polar surface area (TPSA) is 90.0 Å². The lowest BCUT2D eigenvalue weighted by atomic mass is 9.97. The highest BCUT2D eigenvalue weighted by Gasteiger charge is 2.25. The molecule has 144 valence electrons. The van der Waals surface area contributed by atoms with Gasteiger partial charge in [-0.25, -0.2) is 4.68 Å². The summed E-state index contributed by atoms with van der Waals surface area (Å²) >= 11 is 0. The Hall–Kier alpha value is -2.63. The van der Waals surface area contributed by atoms with Gasteiger partial charge in [-0.1, -0.05) is 32.9 Å². The fourth-order valence-corrected chi connectivity index (χ4v) is 2.88. The number of carbonyl (C=O) groups excluding carboxylic acids is 2. The van der Waals surface area contributed by atoms with E-state index in [9.17, 15) is 9.59 Å². The summed E-state index contributed by atoms with van der Waals surface area (Å²) in [4.78, 5) is 24.9. The Labute approximate surface area is 160 Å². The molecule has 1 saturated carbocycles. The van der Waals surface area contributed by atoms with Crippen LogP contribution in [0.5, 0.6) is 0 Å². The summed E-state index contributed by atoms with van der Waals surface area (Å²) in [6.07, 6.45) is 4.36. The van der Waals surface area contributed by atoms with Crippen molar-refractivity contribution in [2.24, 2.45) is 11.3 Å². The number of hydrogen-bond acceptors (Lipinski definition) is 4. The lowest BCUT2D eigenvalue weighted by Crippen LogP contribution is -2.32. The van der Waals surface area contributed by atoms with E-state index in [4.69, 9.17) is 5.73 Å². The first-order valence-corrected chi connectivity index (χ1v) is 9.41. The highest BCUT2D eigenvalue weighted by atomic mass is 16.1. The molecule has 0 bridgehead atoms. The number of nitrogens with zero attached hydrogens (tertiary/aromatic N) is 2. The zero-order valence-electron chi connectivity index (χ0n) is 16.5. The van der Waals surface area contributed by atoms with Crippen LogP contribution in [0.3, 0.4) is 0 Å². The van der Waals surface area contributed by atoms with E-state index in [2.05, 4.69) is 10.4 Å². The van der Waals surface area contributed by atoms with Gasteiger partial charge in [0, 0.05) is 18.5 Å². The predicted octanol–water partition coefficient (Wildman–Crippen LogP) is 3.52. The quantitative estimate of drug-likeness (QED) is 0.763. The molecule has 0 unspecified atom stereocenters. The van der Waals surface area contributed by atoms with Gasteiger partial charge in [-0.3, -0.25) is 9.59 Å². The molecule has 1 amide bonds. The van der Waals surface area contributed by atoms with Crippen molar-refractivity contribution in [1.82, 2.24) is 15.1 Å². The molecule has 1 aliphatic rings. The smallest absolute Gasteiger partial charge is 0.256 e. The highest BCUT2D eigenvalue weighted by molar-refractivity contribution is 5.99. The van der Waals surface area contributed by atoms with Gasteiger partial charge in [0.05, 0.1) is 11.9 Å². The van der Waals surface area contributed by atoms with Crippen molar-refractivity contribution in [2.75, 3.05) is 12.3 Å². The van der Waals surface area contributed by atoms with E-state index in [1.807, 2.05) is 45.9 Å². The molecule has 1 fully saturated rings.